The topological polar surface area (TPSA) is 9.86 Å². The molecular formula is C70H72N2. The van der Waals surface area contributed by atoms with Gasteiger partial charge in [-0.15, -0.1) is 0 Å². The number of fused-ring (bicyclic) bond motifs is 8. The number of nitrogens with zero attached hydrogens (tertiary/aromatic N) is 2. The first-order valence-electron chi connectivity index (χ1n) is 26.3. The summed E-state index contributed by atoms with van der Waals surface area (Å²) in [6, 6.07) is 63.5. The monoisotopic (exact) mass is 941 g/mol. The van der Waals surface area contributed by atoms with Crippen molar-refractivity contribution in [1.29, 1.82) is 0 Å². The van der Waals surface area contributed by atoms with Crippen LogP contribution in [0.3, 0.4) is 0 Å². The van der Waals surface area contributed by atoms with Crippen molar-refractivity contribution in [2.24, 2.45) is 0 Å². The van der Waals surface area contributed by atoms with E-state index in [-0.39, 0.29) is 27.1 Å². The molecule has 0 amide bonds. The van der Waals surface area contributed by atoms with E-state index in [1.807, 2.05) is 0 Å². The Morgan fingerprint density at radius 2 is 0.486 bits per heavy atom. The van der Waals surface area contributed by atoms with E-state index >= 15 is 0 Å². The molecular weight excluding hydrogens is 869 g/mol. The Morgan fingerprint density at radius 1 is 0.236 bits per heavy atom. The molecule has 9 aromatic carbocycles. The summed E-state index contributed by atoms with van der Waals surface area (Å²) < 4.78 is 4.94. The highest BCUT2D eigenvalue weighted by molar-refractivity contribution is 6.22. The van der Waals surface area contributed by atoms with Gasteiger partial charge in [0, 0.05) is 32.9 Å². The Kier molecular flexibility index (Phi) is 10.7. The van der Waals surface area contributed by atoms with Gasteiger partial charge in [0.1, 0.15) is 0 Å². The average molecular weight is 941 g/mol. The molecule has 0 atom stereocenters. The minimum atomic E-state index is -0.0252. The van der Waals surface area contributed by atoms with E-state index in [1.165, 1.54) is 127 Å². The highest BCUT2D eigenvalue weighted by Gasteiger charge is 2.25. The first-order valence-corrected chi connectivity index (χ1v) is 26.3. The standard InChI is InChI=1S/C70H72N2/c1-66(2,3)45-24-33-54-59(42-45)65(44-22-31-51(32-23-44)72-62-36-27-48(69(10,11)12)40-57(62)58-41-49(70(13,14)15)28-37-63(58)72)53-19-17-16-18-52(53)64(54)43-20-29-50(30-21-43)71-60-34-25-46(67(4,5)6)38-55(60)56-39-47(68(7,8)9)26-35-61(56)71/h16-42H,1-15H3. The van der Waals surface area contributed by atoms with E-state index in [0.717, 1.165) is 0 Å². The molecule has 0 N–H and O–H groups in total. The zero-order valence-electron chi connectivity index (χ0n) is 45.5. The number of benzene rings is 9. The molecule has 0 bridgehead atoms. The SMILES string of the molecule is CC(C)(C)c1ccc2c(-c3ccc(-n4c5ccc(C(C)(C)C)cc5c5cc(C(C)(C)C)ccc54)cc3)c3ccccc3c(-c3ccc(-n4c5ccc(C(C)(C)C)cc5c5cc(C(C)(C)C)ccc54)cc3)c2c1. The maximum Gasteiger partial charge on any atom is 0.0541 e. The summed E-state index contributed by atoms with van der Waals surface area (Å²) in [6.45, 7) is 34.7. The summed E-state index contributed by atoms with van der Waals surface area (Å²) in [5, 5.41) is 10.3. The molecule has 0 radical (unpaired) electrons. The highest BCUT2D eigenvalue weighted by Crippen LogP contribution is 2.47. The molecule has 72 heavy (non-hydrogen) atoms. The fourth-order valence-electron chi connectivity index (χ4n) is 11.3. The molecule has 2 aromatic heterocycles. The third-order valence-corrected chi connectivity index (χ3v) is 15.7. The van der Waals surface area contributed by atoms with Gasteiger partial charge in [-0.2, -0.15) is 0 Å². The minimum absolute atomic E-state index is 0.0252. The largest absolute Gasteiger partial charge is 0.309 e. The van der Waals surface area contributed by atoms with Crippen LogP contribution in [-0.4, -0.2) is 9.13 Å². The number of hydrogen-bond donors (Lipinski definition) is 0. The quantitative estimate of drug-likeness (QED) is 0.156. The molecule has 362 valence electrons. The van der Waals surface area contributed by atoms with Crippen LogP contribution < -0.4 is 0 Å². The lowest BCUT2D eigenvalue weighted by Gasteiger charge is -2.23. The Morgan fingerprint density at radius 3 is 0.778 bits per heavy atom. The van der Waals surface area contributed by atoms with Gasteiger partial charge in [0.15, 0.2) is 0 Å². The van der Waals surface area contributed by atoms with Crippen molar-refractivity contribution in [3.05, 3.63) is 192 Å². The Bertz CT molecular complexity index is 3800. The molecule has 11 rings (SSSR count). The second-order valence-electron chi connectivity index (χ2n) is 26.0. The van der Waals surface area contributed by atoms with Crippen molar-refractivity contribution >= 4 is 65.2 Å². The Hall–Kier alpha value is -6.90. The van der Waals surface area contributed by atoms with Crippen molar-refractivity contribution in [3.8, 4) is 33.6 Å². The number of aromatic nitrogens is 2. The molecule has 2 nitrogen and oxygen atoms in total. The van der Waals surface area contributed by atoms with Gasteiger partial charge in [0.25, 0.3) is 0 Å². The summed E-state index contributed by atoms with van der Waals surface area (Å²) in [5.41, 5.74) is 19.2. The molecule has 11 aromatic rings. The van der Waals surface area contributed by atoms with Crippen molar-refractivity contribution in [2.75, 3.05) is 0 Å². The van der Waals surface area contributed by atoms with E-state index in [4.69, 9.17) is 0 Å². The van der Waals surface area contributed by atoms with E-state index < -0.39 is 0 Å². The fraction of sp³-hybridized carbons (Fsp3) is 0.286. The van der Waals surface area contributed by atoms with Crippen molar-refractivity contribution in [1.82, 2.24) is 9.13 Å². The van der Waals surface area contributed by atoms with Crippen LogP contribution in [0.15, 0.2) is 164 Å². The van der Waals surface area contributed by atoms with Crippen LogP contribution in [0.25, 0.3) is 98.8 Å². The van der Waals surface area contributed by atoms with Crippen LogP contribution in [0, 0.1) is 0 Å². The molecule has 0 aliphatic heterocycles. The maximum atomic E-state index is 2.48. The number of rotatable bonds is 4. The van der Waals surface area contributed by atoms with Gasteiger partial charge >= 0.3 is 0 Å². The molecule has 0 aliphatic carbocycles. The lowest BCUT2D eigenvalue weighted by Crippen LogP contribution is -2.10. The van der Waals surface area contributed by atoms with Gasteiger partial charge in [0.05, 0.1) is 22.1 Å². The molecule has 2 heterocycles. The number of hydrogen-bond acceptors (Lipinski definition) is 0. The Balaban J connectivity index is 1.08. The second kappa shape index (κ2) is 16.3. The molecule has 0 saturated carbocycles. The van der Waals surface area contributed by atoms with Crippen LogP contribution >= 0.6 is 0 Å². The molecule has 0 spiro atoms. The zero-order chi connectivity index (χ0) is 51.0. The van der Waals surface area contributed by atoms with Gasteiger partial charge in [-0.05, 0) is 178 Å². The summed E-state index contributed by atoms with van der Waals surface area (Å²) in [4.78, 5) is 0. The van der Waals surface area contributed by atoms with Crippen molar-refractivity contribution < 1.29 is 0 Å². The van der Waals surface area contributed by atoms with Gasteiger partial charge < -0.3 is 9.13 Å². The van der Waals surface area contributed by atoms with E-state index in [1.54, 1.807) is 0 Å². The summed E-state index contributed by atoms with van der Waals surface area (Å²) in [5.74, 6) is 0. The van der Waals surface area contributed by atoms with Crippen LogP contribution in [0.1, 0.15) is 132 Å². The van der Waals surface area contributed by atoms with Crippen LogP contribution in [-0.2, 0) is 27.1 Å². The van der Waals surface area contributed by atoms with E-state index in [2.05, 4.69) is 277 Å². The maximum absolute atomic E-state index is 2.48. The first-order chi connectivity index (χ1) is 33.9. The average Bonchev–Trinajstić information content (AvgIpc) is 3.83. The van der Waals surface area contributed by atoms with Crippen molar-refractivity contribution in [2.45, 2.75) is 131 Å². The highest BCUT2D eigenvalue weighted by atomic mass is 15.0. The molecule has 0 aliphatic rings. The third kappa shape index (κ3) is 7.94. The molecule has 0 unspecified atom stereocenters. The smallest absolute Gasteiger partial charge is 0.0541 e. The third-order valence-electron chi connectivity index (χ3n) is 15.7. The summed E-state index contributed by atoms with van der Waals surface area (Å²) in [7, 11) is 0. The predicted octanol–water partition coefficient (Wildman–Crippen LogP) is 20.0. The van der Waals surface area contributed by atoms with Crippen LogP contribution in [0.5, 0.6) is 0 Å². The van der Waals surface area contributed by atoms with Gasteiger partial charge in [-0.25, -0.2) is 0 Å². The van der Waals surface area contributed by atoms with Crippen LogP contribution in [0.2, 0.25) is 0 Å². The summed E-state index contributed by atoms with van der Waals surface area (Å²) in [6.07, 6.45) is 0. The zero-order valence-corrected chi connectivity index (χ0v) is 45.5. The van der Waals surface area contributed by atoms with Gasteiger partial charge in [-0.1, -0.05) is 189 Å². The van der Waals surface area contributed by atoms with Crippen LogP contribution in [0.4, 0.5) is 0 Å². The first kappa shape index (κ1) is 47.4. The fourth-order valence-corrected chi connectivity index (χ4v) is 11.3. The lowest BCUT2D eigenvalue weighted by atomic mass is 9.81. The minimum Gasteiger partial charge on any atom is -0.309 e. The predicted molar refractivity (Wildman–Crippen MR) is 315 cm³/mol. The van der Waals surface area contributed by atoms with Crippen molar-refractivity contribution in [3.63, 3.8) is 0 Å². The normalized spacial score (nSPS) is 13.2. The molecule has 2 heteroatoms. The van der Waals surface area contributed by atoms with Gasteiger partial charge in [-0.3, -0.25) is 0 Å². The van der Waals surface area contributed by atoms with Gasteiger partial charge in [0.2, 0.25) is 0 Å². The Labute approximate surface area is 428 Å². The van der Waals surface area contributed by atoms with E-state index in [0.29, 0.717) is 0 Å². The molecule has 0 fully saturated rings. The van der Waals surface area contributed by atoms with E-state index in [9.17, 15) is 0 Å². The molecule has 0 saturated heterocycles. The second-order valence-corrected chi connectivity index (χ2v) is 26.0. The summed E-state index contributed by atoms with van der Waals surface area (Å²) >= 11 is 0. The lowest BCUT2D eigenvalue weighted by molar-refractivity contribution is 0.590.